The molecule has 134 valence electrons. The molecule has 0 fully saturated rings. The molecule has 1 heterocycles. The molecule has 0 aliphatic heterocycles. The Bertz CT molecular complexity index is 923. The van der Waals surface area contributed by atoms with E-state index in [0.717, 1.165) is 11.3 Å². The van der Waals surface area contributed by atoms with E-state index in [1.807, 2.05) is 12.1 Å². The van der Waals surface area contributed by atoms with Gasteiger partial charge in [0, 0.05) is 11.6 Å². The third-order valence-electron chi connectivity index (χ3n) is 3.91. The number of hydrogen-bond acceptors (Lipinski definition) is 7. The van der Waals surface area contributed by atoms with E-state index in [-0.39, 0.29) is 11.4 Å². The van der Waals surface area contributed by atoms with Gasteiger partial charge in [-0.3, -0.25) is 15.2 Å². The lowest BCUT2D eigenvalue weighted by Crippen LogP contribution is -2.13. The van der Waals surface area contributed by atoms with Crippen LogP contribution in [0.15, 0.2) is 42.5 Å². The second kappa shape index (κ2) is 7.19. The second-order valence-electron chi connectivity index (χ2n) is 5.44. The number of nitrogens with two attached hydrogens (primary N) is 1. The molecule has 3 aromatic rings. The molecule has 0 saturated heterocycles. The molecule has 0 spiro atoms. The lowest BCUT2D eigenvalue weighted by molar-refractivity contribution is -0.385. The van der Waals surface area contributed by atoms with Crippen LogP contribution in [-0.4, -0.2) is 34.3 Å². The van der Waals surface area contributed by atoms with Crippen molar-refractivity contribution >= 4 is 5.69 Å². The molecule has 1 aromatic heterocycles. The minimum Gasteiger partial charge on any atom is -0.497 e. The van der Waals surface area contributed by atoms with Crippen LogP contribution in [0.5, 0.6) is 11.5 Å². The number of rotatable bonds is 6. The number of nitro groups is 1. The quantitative estimate of drug-likeness (QED) is 0.513. The number of methoxy groups -OCH3 is 2. The third-order valence-corrected chi connectivity index (χ3v) is 3.91. The maximum atomic E-state index is 11.2. The van der Waals surface area contributed by atoms with Gasteiger partial charge in [0.2, 0.25) is 0 Å². The van der Waals surface area contributed by atoms with Crippen molar-refractivity contribution < 1.29 is 14.4 Å². The van der Waals surface area contributed by atoms with Crippen molar-refractivity contribution in [2.75, 3.05) is 14.2 Å². The van der Waals surface area contributed by atoms with Crippen LogP contribution in [-0.2, 0) is 0 Å². The van der Waals surface area contributed by atoms with E-state index >= 15 is 0 Å². The van der Waals surface area contributed by atoms with Gasteiger partial charge in [0.15, 0.2) is 11.6 Å². The number of nitrogens with one attached hydrogen (secondary N) is 1. The van der Waals surface area contributed by atoms with Crippen LogP contribution in [0.3, 0.4) is 0 Å². The van der Waals surface area contributed by atoms with E-state index in [4.69, 9.17) is 15.2 Å². The first-order chi connectivity index (χ1) is 12.5. The van der Waals surface area contributed by atoms with Crippen molar-refractivity contribution in [2.45, 2.75) is 6.04 Å². The fourth-order valence-corrected chi connectivity index (χ4v) is 2.48. The van der Waals surface area contributed by atoms with Crippen LogP contribution < -0.4 is 15.2 Å². The molecule has 26 heavy (non-hydrogen) atoms. The summed E-state index contributed by atoms with van der Waals surface area (Å²) in [5.41, 5.74) is 7.38. The van der Waals surface area contributed by atoms with Gasteiger partial charge in [-0.2, -0.15) is 5.10 Å². The summed E-state index contributed by atoms with van der Waals surface area (Å²) in [6, 6.07) is 11.3. The number of hydrogen-bond donors (Lipinski definition) is 2. The number of benzene rings is 2. The highest BCUT2D eigenvalue weighted by molar-refractivity contribution is 5.63. The molecule has 1 unspecified atom stereocenters. The lowest BCUT2D eigenvalue weighted by Gasteiger charge is -2.09. The first-order valence-electron chi connectivity index (χ1n) is 7.68. The highest BCUT2D eigenvalue weighted by atomic mass is 16.6. The number of nitrogens with zero attached hydrogens (tertiary/aromatic N) is 3. The number of ether oxygens (including phenoxy) is 2. The first kappa shape index (κ1) is 17.4. The number of H-pyrrole nitrogens is 1. The van der Waals surface area contributed by atoms with Gasteiger partial charge in [0.25, 0.3) is 0 Å². The number of nitro benzene ring substituents is 1. The Kier molecular flexibility index (Phi) is 4.81. The van der Waals surface area contributed by atoms with Gasteiger partial charge in [0.1, 0.15) is 11.6 Å². The van der Waals surface area contributed by atoms with Crippen molar-refractivity contribution in [1.29, 1.82) is 0 Å². The molecule has 2 aromatic carbocycles. The maximum Gasteiger partial charge on any atom is 0.311 e. The molecule has 1 atom stereocenters. The molecule has 0 bridgehead atoms. The largest absolute Gasteiger partial charge is 0.497 e. The zero-order chi connectivity index (χ0) is 18.7. The summed E-state index contributed by atoms with van der Waals surface area (Å²) in [7, 11) is 2.96. The molecule has 9 nitrogen and oxygen atoms in total. The monoisotopic (exact) mass is 355 g/mol. The van der Waals surface area contributed by atoms with Crippen molar-refractivity contribution in [3.63, 3.8) is 0 Å². The van der Waals surface area contributed by atoms with Gasteiger partial charge in [-0.15, -0.1) is 0 Å². The first-order valence-corrected chi connectivity index (χ1v) is 7.68. The van der Waals surface area contributed by atoms with Gasteiger partial charge < -0.3 is 15.2 Å². The number of aromatic amines is 1. The molecule has 3 N–H and O–H groups in total. The van der Waals surface area contributed by atoms with E-state index in [0.29, 0.717) is 17.2 Å². The minimum atomic E-state index is -0.518. The standard InChI is InChI=1S/C17H17N5O4/c1-25-12-6-3-10(4-7-12)15(18)17-19-16(20-21-17)11-5-8-14(26-2)13(9-11)22(23)24/h3-9,15H,18H2,1-2H3,(H,19,20,21). The van der Waals surface area contributed by atoms with Gasteiger partial charge >= 0.3 is 5.69 Å². The van der Waals surface area contributed by atoms with Gasteiger partial charge in [-0.25, -0.2) is 4.98 Å². The van der Waals surface area contributed by atoms with Crippen LogP contribution in [0, 0.1) is 10.1 Å². The Hall–Kier alpha value is -3.46. The number of aromatic nitrogens is 3. The predicted octanol–water partition coefficient (Wildman–Crippen LogP) is 2.45. The van der Waals surface area contributed by atoms with Crippen LogP contribution >= 0.6 is 0 Å². The minimum absolute atomic E-state index is 0.157. The predicted molar refractivity (Wildman–Crippen MR) is 94.0 cm³/mol. The Morgan fingerprint density at radius 2 is 1.88 bits per heavy atom. The van der Waals surface area contributed by atoms with E-state index in [2.05, 4.69) is 15.2 Å². The molecule has 3 rings (SSSR count). The van der Waals surface area contributed by atoms with E-state index in [9.17, 15) is 10.1 Å². The normalized spacial score (nSPS) is 11.8. The van der Waals surface area contributed by atoms with Gasteiger partial charge in [-0.05, 0) is 29.8 Å². The maximum absolute atomic E-state index is 11.2. The summed E-state index contributed by atoms with van der Waals surface area (Å²) in [5, 5.41) is 18.1. The molecule has 0 amide bonds. The highest BCUT2D eigenvalue weighted by Gasteiger charge is 2.19. The van der Waals surface area contributed by atoms with Crippen molar-refractivity contribution in [3.8, 4) is 22.9 Å². The second-order valence-corrected chi connectivity index (χ2v) is 5.44. The highest BCUT2D eigenvalue weighted by Crippen LogP contribution is 2.31. The molecular formula is C17H17N5O4. The molecule has 0 radical (unpaired) electrons. The Balaban J connectivity index is 1.89. The summed E-state index contributed by atoms with van der Waals surface area (Å²) in [6.07, 6.45) is 0. The summed E-state index contributed by atoms with van der Waals surface area (Å²) < 4.78 is 10.1. The van der Waals surface area contributed by atoms with Crippen molar-refractivity contribution in [3.05, 3.63) is 64.0 Å². The SMILES string of the molecule is COc1ccc(C(N)c2nc(-c3ccc(OC)c([N+](=O)[O-])c3)n[nH]2)cc1. The Morgan fingerprint density at radius 3 is 2.50 bits per heavy atom. The van der Waals surface area contributed by atoms with Gasteiger partial charge in [0.05, 0.1) is 25.2 Å². The van der Waals surface area contributed by atoms with Crippen LogP contribution in [0.1, 0.15) is 17.4 Å². The molecular weight excluding hydrogens is 338 g/mol. The lowest BCUT2D eigenvalue weighted by atomic mass is 10.1. The Morgan fingerprint density at radius 1 is 1.15 bits per heavy atom. The zero-order valence-electron chi connectivity index (χ0n) is 14.2. The molecule has 0 aliphatic rings. The average Bonchev–Trinajstić information content (AvgIpc) is 3.17. The third kappa shape index (κ3) is 3.33. The molecule has 9 heteroatoms. The van der Waals surface area contributed by atoms with Crippen molar-refractivity contribution in [2.24, 2.45) is 5.73 Å². The Labute approximate surface area is 148 Å². The van der Waals surface area contributed by atoms with Gasteiger partial charge in [-0.1, -0.05) is 12.1 Å². The average molecular weight is 355 g/mol. The van der Waals surface area contributed by atoms with Crippen LogP contribution in [0.2, 0.25) is 0 Å². The fraction of sp³-hybridized carbons (Fsp3) is 0.176. The van der Waals surface area contributed by atoms with E-state index in [1.54, 1.807) is 25.3 Å². The van der Waals surface area contributed by atoms with Crippen LogP contribution in [0.4, 0.5) is 5.69 Å². The molecule has 0 aliphatic carbocycles. The molecule has 0 saturated carbocycles. The summed E-state index contributed by atoms with van der Waals surface area (Å²) in [6.45, 7) is 0. The van der Waals surface area contributed by atoms with Crippen LogP contribution in [0.25, 0.3) is 11.4 Å². The van der Waals surface area contributed by atoms with E-state index in [1.165, 1.54) is 19.2 Å². The zero-order valence-corrected chi connectivity index (χ0v) is 14.2. The topological polar surface area (TPSA) is 129 Å². The van der Waals surface area contributed by atoms with E-state index < -0.39 is 11.0 Å². The smallest absolute Gasteiger partial charge is 0.311 e. The summed E-state index contributed by atoms with van der Waals surface area (Å²) >= 11 is 0. The fourth-order valence-electron chi connectivity index (χ4n) is 2.48. The summed E-state index contributed by atoms with van der Waals surface area (Å²) in [4.78, 5) is 15.0. The summed E-state index contributed by atoms with van der Waals surface area (Å²) in [5.74, 6) is 1.66. The van der Waals surface area contributed by atoms with Crippen molar-refractivity contribution in [1.82, 2.24) is 15.2 Å².